The lowest BCUT2D eigenvalue weighted by atomic mass is 9.84. The Labute approximate surface area is 173 Å². The molecule has 1 fully saturated rings. The van der Waals surface area contributed by atoms with E-state index in [0.29, 0.717) is 19.1 Å². The molecule has 1 aliphatic heterocycles. The van der Waals surface area contributed by atoms with Crippen molar-refractivity contribution < 1.29 is 14.3 Å². The smallest absolute Gasteiger partial charge is 0.231 e. The number of carbonyl (C=O) groups is 1. The molecule has 29 heavy (non-hydrogen) atoms. The first-order chi connectivity index (χ1) is 13.8. The third kappa shape index (κ3) is 6.52. The van der Waals surface area contributed by atoms with Crippen LogP contribution in [0.25, 0.3) is 0 Å². The number of benzene rings is 1. The number of nitrogens with two attached hydrogens (primary N) is 1. The lowest BCUT2D eigenvalue weighted by Crippen LogP contribution is -2.51. The summed E-state index contributed by atoms with van der Waals surface area (Å²) in [6, 6.07) is 6.34. The number of ether oxygens (including phenoxy) is 2. The number of likely N-dealkylation sites (tertiary alicyclic amines) is 1. The Morgan fingerprint density at radius 1 is 1.24 bits per heavy atom. The fraction of sp³-hybridized carbons (Fsp3) is 0.619. The number of hydrogen-bond donors (Lipinski definition) is 3. The standard InChI is InChI=1S/C21H35N5O3/c1-21(2,15-6-7-17(28-4)18(12-15)29-5)14-24-20(23-3)25-16-8-10-26(11-9-16)13-19(22)27/h6-7,12,16H,8-11,13-14H2,1-5H3,(H2,22,27)(H2,23,24,25). The number of amides is 1. The summed E-state index contributed by atoms with van der Waals surface area (Å²) in [6.07, 6.45) is 1.90. The highest BCUT2D eigenvalue weighted by Gasteiger charge is 2.24. The molecule has 1 heterocycles. The number of nitrogens with zero attached hydrogens (tertiary/aromatic N) is 2. The van der Waals surface area contributed by atoms with Gasteiger partial charge in [-0.25, -0.2) is 0 Å². The summed E-state index contributed by atoms with van der Waals surface area (Å²) in [7, 11) is 5.06. The summed E-state index contributed by atoms with van der Waals surface area (Å²) in [5, 5.41) is 6.94. The molecule has 162 valence electrons. The zero-order valence-electron chi connectivity index (χ0n) is 18.2. The number of primary amides is 1. The maximum absolute atomic E-state index is 11.1. The van der Waals surface area contributed by atoms with E-state index in [1.54, 1.807) is 21.3 Å². The van der Waals surface area contributed by atoms with E-state index >= 15 is 0 Å². The Hall–Kier alpha value is -2.48. The average Bonchev–Trinajstić information content (AvgIpc) is 2.71. The molecule has 8 heteroatoms. The van der Waals surface area contributed by atoms with Gasteiger partial charge in [0, 0.05) is 38.1 Å². The van der Waals surface area contributed by atoms with Crippen molar-refractivity contribution in [3.05, 3.63) is 23.8 Å². The van der Waals surface area contributed by atoms with Gasteiger partial charge in [-0.3, -0.25) is 14.7 Å². The van der Waals surface area contributed by atoms with Crippen molar-refractivity contribution in [2.75, 3.05) is 47.4 Å². The van der Waals surface area contributed by atoms with Crippen molar-refractivity contribution in [2.45, 2.75) is 38.1 Å². The van der Waals surface area contributed by atoms with Gasteiger partial charge in [0.25, 0.3) is 0 Å². The molecule has 2 rings (SSSR count). The summed E-state index contributed by atoms with van der Waals surface area (Å²) < 4.78 is 10.8. The van der Waals surface area contributed by atoms with Gasteiger partial charge in [0.1, 0.15) is 0 Å². The molecule has 0 aliphatic carbocycles. The number of piperidine rings is 1. The van der Waals surface area contributed by atoms with Gasteiger partial charge in [-0.05, 0) is 30.5 Å². The van der Waals surface area contributed by atoms with E-state index < -0.39 is 0 Å². The molecular formula is C21H35N5O3. The largest absolute Gasteiger partial charge is 0.493 e. The van der Waals surface area contributed by atoms with Crippen LogP contribution in [0.3, 0.4) is 0 Å². The van der Waals surface area contributed by atoms with Gasteiger partial charge >= 0.3 is 0 Å². The van der Waals surface area contributed by atoms with Gasteiger partial charge in [0.15, 0.2) is 17.5 Å². The van der Waals surface area contributed by atoms with Gasteiger partial charge in [0.2, 0.25) is 5.91 Å². The molecule has 1 aromatic rings. The Kier molecular flexibility index (Phi) is 8.13. The van der Waals surface area contributed by atoms with Crippen LogP contribution in [0, 0.1) is 0 Å². The number of guanidine groups is 1. The van der Waals surface area contributed by atoms with Crippen LogP contribution < -0.4 is 25.8 Å². The maximum atomic E-state index is 11.1. The molecule has 1 saturated heterocycles. The van der Waals surface area contributed by atoms with Crippen LogP contribution in [-0.2, 0) is 10.2 Å². The second-order valence-corrected chi connectivity index (χ2v) is 8.04. The Balaban J connectivity index is 1.91. The SMILES string of the molecule is CN=C(NCC(C)(C)c1ccc(OC)c(OC)c1)NC1CCN(CC(N)=O)CC1. The quantitative estimate of drug-likeness (QED) is 0.442. The highest BCUT2D eigenvalue weighted by molar-refractivity contribution is 5.80. The summed E-state index contributed by atoms with van der Waals surface area (Å²) in [4.78, 5) is 17.5. The lowest BCUT2D eigenvalue weighted by Gasteiger charge is -2.33. The Morgan fingerprint density at radius 2 is 1.90 bits per heavy atom. The van der Waals surface area contributed by atoms with Crippen LogP contribution in [0.15, 0.2) is 23.2 Å². The van der Waals surface area contributed by atoms with Crippen LogP contribution in [0.1, 0.15) is 32.3 Å². The molecule has 0 bridgehead atoms. The zero-order chi connectivity index (χ0) is 21.4. The number of carbonyl (C=O) groups excluding carboxylic acids is 1. The summed E-state index contributed by atoms with van der Waals surface area (Å²) in [6.45, 7) is 7.11. The fourth-order valence-electron chi connectivity index (χ4n) is 3.51. The highest BCUT2D eigenvalue weighted by Crippen LogP contribution is 2.32. The molecule has 8 nitrogen and oxygen atoms in total. The van der Waals surface area contributed by atoms with E-state index in [2.05, 4.69) is 40.4 Å². The number of aliphatic imine (C=N–C) groups is 1. The maximum Gasteiger partial charge on any atom is 0.231 e. The number of rotatable bonds is 8. The number of hydrogen-bond acceptors (Lipinski definition) is 5. The van der Waals surface area contributed by atoms with Crippen LogP contribution in [0.2, 0.25) is 0 Å². The molecule has 1 aliphatic rings. The molecule has 0 atom stereocenters. The number of methoxy groups -OCH3 is 2. The lowest BCUT2D eigenvalue weighted by molar-refractivity contribution is -0.119. The van der Waals surface area contributed by atoms with Crippen LogP contribution in [0.4, 0.5) is 0 Å². The molecule has 1 aromatic carbocycles. The van der Waals surface area contributed by atoms with Crippen molar-refractivity contribution in [3.63, 3.8) is 0 Å². The van der Waals surface area contributed by atoms with Crippen molar-refractivity contribution in [1.29, 1.82) is 0 Å². The molecule has 0 radical (unpaired) electrons. The molecule has 0 spiro atoms. The van der Waals surface area contributed by atoms with E-state index in [1.807, 2.05) is 12.1 Å². The molecule has 4 N–H and O–H groups in total. The summed E-state index contributed by atoms with van der Waals surface area (Å²) in [5.41, 5.74) is 6.30. The predicted octanol–water partition coefficient (Wildman–Crippen LogP) is 1.10. The first kappa shape index (κ1) is 22.8. The molecule has 0 saturated carbocycles. The first-order valence-electron chi connectivity index (χ1n) is 9.99. The number of nitrogens with one attached hydrogen (secondary N) is 2. The van der Waals surface area contributed by atoms with Crippen molar-refractivity contribution >= 4 is 11.9 Å². The van der Waals surface area contributed by atoms with Crippen molar-refractivity contribution in [3.8, 4) is 11.5 Å². The van der Waals surface area contributed by atoms with Crippen LogP contribution in [-0.4, -0.2) is 70.3 Å². The molecular weight excluding hydrogens is 370 g/mol. The van der Waals surface area contributed by atoms with Gasteiger partial charge in [-0.1, -0.05) is 19.9 Å². The summed E-state index contributed by atoms with van der Waals surface area (Å²) in [5.74, 6) is 1.96. The summed E-state index contributed by atoms with van der Waals surface area (Å²) >= 11 is 0. The van der Waals surface area contributed by atoms with Gasteiger partial charge in [-0.15, -0.1) is 0 Å². The Morgan fingerprint density at radius 3 is 2.45 bits per heavy atom. The zero-order valence-corrected chi connectivity index (χ0v) is 18.2. The van der Waals surface area contributed by atoms with E-state index in [1.165, 1.54) is 0 Å². The molecule has 0 aromatic heterocycles. The van der Waals surface area contributed by atoms with E-state index in [9.17, 15) is 4.79 Å². The highest BCUT2D eigenvalue weighted by atomic mass is 16.5. The average molecular weight is 406 g/mol. The predicted molar refractivity (Wildman–Crippen MR) is 116 cm³/mol. The fourth-order valence-corrected chi connectivity index (χ4v) is 3.51. The third-order valence-electron chi connectivity index (χ3n) is 5.39. The van der Waals surface area contributed by atoms with Gasteiger partial charge < -0.3 is 25.8 Å². The van der Waals surface area contributed by atoms with Crippen molar-refractivity contribution in [1.82, 2.24) is 15.5 Å². The van der Waals surface area contributed by atoms with Gasteiger partial charge in [-0.2, -0.15) is 0 Å². The monoisotopic (exact) mass is 405 g/mol. The van der Waals surface area contributed by atoms with Crippen molar-refractivity contribution in [2.24, 2.45) is 10.7 Å². The van der Waals surface area contributed by atoms with E-state index in [-0.39, 0.29) is 11.3 Å². The second-order valence-electron chi connectivity index (χ2n) is 8.04. The van der Waals surface area contributed by atoms with Gasteiger partial charge in [0.05, 0.1) is 20.8 Å². The molecule has 0 unspecified atom stereocenters. The van der Waals surface area contributed by atoms with Crippen LogP contribution in [0.5, 0.6) is 11.5 Å². The minimum absolute atomic E-state index is 0.137. The van der Waals surface area contributed by atoms with E-state index in [0.717, 1.165) is 49.0 Å². The topological polar surface area (TPSA) is 101 Å². The first-order valence-corrected chi connectivity index (χ1v) is 9.99. The van der Waals surface area contributed by atoms with Crippen LogP contribution >= 0.6 is 0 Å². The normalized spacial score (nSPS) is 16.4. The minimum atomic E-state index is -0.272. The van der Waals surface area contributed by atoms with E-state index in [4.69, 9.17) is 15.2 Å². The second kappa shape index (κ2) is 10.3. The molecule has 1 amide bonds. The minimum Gasteiger partial charge on any atom is -0.493 e. The third-order valence-corrected chi connectivity index (χ3v) is 5.39. The Bertz CT molecular complexity index is 712.